The number of hydrogen-bond acceptors (Lipinski definition) is 5. The number of nitriles is 1. The molecule has 0 aromatic carbocycles. The van der Waals surface area contributed by atoms with Gasteiger partial charge in [-0.2, -0.15) is 5.26 Å². The van der Waals surface area contributed by atoms with Gasteiger partial charge >= 0.3 is 0 Å². The maximum absolute atomic E-state index is 12.1. The van der Waals surface area contributed by atoms with Gasteiger partial charge in [-0.1, -0.05) is 55.4 Å². The summed E-state index contributed by atoms with van der Waals surface area (Å²) in [4.78, 5) is 23.1. The molecule has 3 N–H and O–H groups in total. The Morgan fingerprint density at radius 2 is 2.24 bits per heavy atom. The monoisotopic (exact) mass is 444 g/mol. The van der Waals surface area contributed by atoms with Crippen molar-refractivity contribution in [2.24, 2.45) is 5.41 Å². The molecule has 0 saturated carbocycles. The Balaban J connectivity index is 1.56. The van der Waals surface area contributed by atoms with E-state index in [0.717, 1.165) is 38.0 Å². The van der Waals surface area contributed by atoms with E-state index in [1.165, 1.54) is 23.8 Å². The summed E-state index contributed by atoms with van der Waals surface area (Å²) in [5.74, 6) is 0.668. The molecule has 0 saturated heterocycles. The first kappa shape index (κ1) is 24.0. The van der Waals surface area contributed by atoms with Gasteiger partial charge in [0.15, 0.2) is 11.5 Å². The summed E-state index contributed by atoms with van der Waals surface area (Å²) >= 11 is 0. The molecule has 1 amide bonds. The predicted molar refractivity (Wildman–Crippen MR) is 131 cm³/mol. The Kier molecular flexibility index (Phi) is 8.59. The summed E-state index contributed by atoms with van der Waals surface area (Å²) < 4.78 is 0. The molecule has 0 spiro atoms. The third-order valence-corrected chi connectivity index (χ3v) is 5.70. The van der Waals surface area contributed by atoms with Crippen LogP contribution in [0.3, 0.4) is 0 Å². The highest BCUT2D eigenvalue weighted by Gasteiger charge is 2.20. The molecule has 3 rings (SSSR count). The van der Waals surface area contributed by atoms with E-state index in [4.69, 9.17) is 5.26 Å². The molecule has 0 radical (unpaired) electrons. The van der Waals surface area contributed by atoms with Gasteiger partial charge in [0.05, 0.1) is 0 Å². The number of nitrogens with zero attached hydrogens (tertiary/aromatic N) is 3. The van der Waals surface area contributed by atoms with Crippen molar-refractivity contribution >= 4 is 11.7 Å². The second kappa shape index (κ2) is 11.8. The SMILES string of the molecule is CC1(C)CC=C(C/C=C(\C=C/CNC(=O)c2nc(C#N)c[nH]2)CCNc2ccccn2)CC1. The van der Waals surface area contributed by atoms with Crippen LogP contribution in [0.4, 0.5) is 5.82 Å². The van der Waals surface area contributed by atoms with E-state index in [1.54, 1.807) is 6.20 Å². The van der Waals surface area contributed by atoms with Crippen molar-refractivity contribution in [2.75, 3.05) is 18.4 Å². The number of anilines is 1. The van der Waals surface area contributed by atoms with Gasteiger partial charge in [-0.15, -0.1) is 0 Å². The third-order valence-electron chi connectivity index (χ3n) is 5.70. The van der Waals surface area contributed by atoms with Crippen LogP contribution in [0.5, 0.6) is 0 Å². The number of imidazole rings is 1. The van der Waals surface area contributed by atoms with E-state index in [2.05, 4.69) is 57.7 Å². The number of allylic oxidation sites excluding steroid dienone is 4. The third kappa shape index (κ3) is 8.08. The van der Waals surface area contributed by atoms with E-state index < -0.39 is 0 Å². The van der Waals surface area contributed by atoms with Gasteiger partial charge in [-0.3, -0.25) is 4.79 Å². The number of aromatic amines is 1. The van der Waals surface area contributed by atoms with Crippen LogP contribution in [0.25, 0.3) is 0 Å². The van der Waals surface area contributed by atoms with Crippen molar-refractivity contribution in [3.05, 3.63) is 77.6 Å². The fourth-order valence-electron chi connectivity index (χ4n) is 3.57. The lowest BCUT2D eigenvalue weighted by Crippen LogP contribution is -2.24. The normalized spacial score (nSPS) is 15.7. The quantitative estimate of drug-likeness (QED) is 0.356. The number of amides is 1. The highest BCUT2D eigenvalue weighted by Crippen LogP contribution is 2.35. The van der Waals surface area contributed by atoms with E-state index >= 15 is 0 Å². The van der Waals surface area contributed by atoms with Gasteiger partial charge in [0.25, 0.3) is 5.91 Å². The zero-order valence-electron chi connectivity index (χ0n) is 19.4. The van der Waals surface area contributed by atoms with Crippen LogP contribution >= 0.6 is 0 Å². The van der Waals surface area contributed by atoms with Crippen molar-refractivity contribution in [3.63, 3.8) is 0 Å². The number of H-pyrrole nitrogens is 1. The second-order valence-corrected chi connectivity index (χ2v) is 8.96. The van der Waals surface area contributed by atoms with Crippen LogP contribution in [-0.4, -0.2) is 33.9 Å². The molecule has 2 heterocycles. The lowest BCUT2D eigenvalue weighted by atomic mass is 9.78. The molecule has 0 atom stereocenters. The lowest BCUT2D eigenvalue weighted by molar-refractivity contribution is 0.0948. The van der Waals surface area contributed by atoms with E-state index in [-0.39, 0.29) is 17.4 Å². The van der Waals surface area contributed by atoms with Gasteiger partial charge in [0, 0.05) is 25.5 Å². The highest BCUT2D eigenvalue weighted by molar-refractivity contribution is 5.90. The molecular formula is C26H32N6O. The van der Waals surface area contributed by atoms with Crippen molar-refractivity contribution in [3.8, 4) is 6.07 Å². The summed E-state index contributed by atoms with van der Waals surface area (Å²) in [7, 11) is 0. The average molecular weight is 445 g/mol. The summed E-state index contributed by atoms with van der Waals surface area (Å²) in [6, 6.07) is 7.72. The standard InChI is InChI=1S/C26H32N6O/c1-26(2)13-10-21(11-14-26)9-8-20(12-17-29-23-7-3-4-15-28-23)6-5-16-30-25(33)24-31-19-22(18-27)32-24/h3-8,10,15,19H,9,11-14,16-17H2,1-2H3,(H,28,29)(H,30,33)(H,31,32)/b6-5-,20-8+. The van der Waals surface area contributed by atoms with Crippen LogP contribution in [-0.2, 0) is 0 Å². The van der Waals surface area contributed by atoms with Gasteiger partial charge in [-0.25, -0.2) is 9.97 Å². The van der Waals surface area contributed by atoms with Crippen LogP contribution in [0.15, 0.2) is 66.0 Å². The molecule has 7 nitrogen and oxygen atoms in total. The lowest BCUT2D eigenvalue weighted by Gasteiger charge is -2.28. The minimum Gasteiger partial charge on any atom is -0.370 e. The molecule has 0 unspecified atom stereocenters. The molecule has 33 heavy (non-hydrogen) atoms. The first-order valence-corrected chi connectivity index (χ1v) is 11.4. The predicted octanol–water partition coefficient (Wildman–Crippen LogP) is 4.92. The zero-order valence-corrected chi connectivity index (χ0v) is 19.4. The Hall–Kier alpha value is -3.66. The fraction of sp³-hybridized carbons (Fsp3) is 0.385. The number of pyridine rings is 1. The zero-order chi connectivity index (χ0) is 23.5. The number of carbonyl (C=O) groups excluding carboxylic acids is 1. The summed E-state index contributed by atoms with van der Waals surface area (Å²) in [5.41, 5.74) is 3.31. The second-order valence-electron chi connectivity index (χ2n) is 8.96. The Labute approximate surface area is 195 Å². The molecular weight excluding hydrogens is 412 g/mol. The minimum atomic E-state index is -0.335. The van der Waals surface area contributed by atoms with Gasteiger partial charge in [0.1, 0.15) is 11.9 Å². The molecule has 2 aromatic heterocycles. The van der Waals surface area contributed by atoms with Crippen molar-refractivity contribution in [1.82, 2.24) is 20.3 Å². The van der Waals surface area contributed by atoms with E-state index in [9.17, 15) is 4.79 Å². The summed E-state index contributed by atoms with van der Waals surface area (Å²) in [5, 5.41) is 15.0. The highest BCUT2D eigenvalue weighted by atomic mass is 16.2. The Morgan fingerprint density at radius 3 is 2.94 bits per heavy atom. The van der Waals surface area contributed by atoms with Gasteiger partial charge < -0.3 is 15.6 Å². The smallest absolute Gasteiger partial charge is 0.287 e. The maximum Gasteiger partial charge on any atom is 0.287 e. The summed E-state index contributed by atoms with van der Waals surface area (Å²) in [6.07, 6.45) is 17.2. The molecule has 7 heteroatoms. The Bertz CT molecular complexity index is 1060. The van der Waals surface area contributed by atoms with Gasteiger partial charge in [-0.05, 0) is 49.7 Å². The topological polar surface area (TPSA) is 106 Å². The first-order chi connectivity index (χ1) is 15.9. The van der Waals surface area contributed by atoms with Crippen molar-refractivity contribution < 1.29 is 4.79 Å². The van der Waals surface area contributed by atoms with Crippen LogP contribution < -0.4 is 10.6 Å². The van der Waals surface area contributed by atoms with Crippen molar-refractivity contribution in [2.45, 2.75) is 46.0 Å². The number of carbonyl (C=O) groups is 1. The fourth-order valence-corrected chi connectivity index (χ4v) is 3.57. The molecule has 0 aliphatic heterocycles. The molecule has 1 aliphatic carbocycles. The van der Waals surface area contributed by atoms with Gasteiger partial charge in [0.2, 0.25) is 0 Å². The Morgan fingerprint density at radius 1 is 1.36 bits per heavy atom. The number of rotatable bonds is 10. The number of hydrogen-bond donors (Lipinski definition) is 3. The number of aromatic nitrogens is 3. The van der Waals surface area contributed by atoms with Crippen LogP contribution in [0.2, 0.25) is 0 Å². The average Bonchev–Trinajstić information content (AvgIpc) is 3.30. The van der Waals surface area contributed by atoms with Crippen molar-refractivity contribution in [1.29, 1.82) is 5.26 Å². The molecule has 2 aromatic rings. The number of nitrogens with one attached hydrogen (secondary N) is 3. The van der Waals surface area contributed by atoms with Crippen LogP contribution in [0.1, 0.15) is 62.3 Å². The molecule has 0 fully saturated rings. The largest absolute Gasteiger partial charge is 0.370 e. The van der Waals surface area contributed by atoms with E-state index in [0.29, 0.717) is 12.0 Å². The molecule has 0 bridgehead atoms. The molecule has 1 aliphatic rings. The van der Waals surface area contributed by atoms with E-state index in [1.807, 2.05) is 30.3 Å². The summed E-state index contributed by atoms with van der Waals surface area (Å²) in [6.45, 7) is 5.80. The minimum absolute atomic E-state index is 0.141. The first-order valence-electron chi connectivity index (χ1n) is 11.4. The molecule has 172 valence electrons. The maximum atomic E-state index is 12.1. The van der Waals surface area contributed by atoms with Crippen LogP contribution in [0, 0.1) is 16.7 Å².